The molecule has 0 spiro atoms. The molecule has 2 saturated heterocycles. The quantitative estimate of drug-likeness (QED) is 0.886. The molecule has 124 valence electrons. The highest BCUT2D eigenvalue weighted by Gasteiger charge is 2.35. The van der Waals surface area contributed by atoms with Crippen molar-refractivity contribution in [3.05, 3.63) is 24.3 Å². The summed E-state index contributed by atoms with van der Waals surface area (Å²) in [5.74, 6) is 0.801. The van der Waals surface area contributed by atoms with Crippen molar-refractivity contribution in [1.82, 2.24) is 5.32 Å². The Morgan fingerprint density at radius 3 is 2.83 bits per heavy atom. The molecule has 2 heterocycles. The van der Waals surface area contributed by atoms with Gasteiger partial charge in [-0.3, -0.25) is 9.59 Å². The van der Waals surface area contributed by atoms with E-state index in [4.69, 9.17) is 9.47 Å². The van der Waals surface area contributed by atoms with Gasteiger partial charge < -0.3 is 19.7 Å². The number of hydrogen-bond acceptors (Lipinski definition) is 4. The van der Waals surface area contributed by atoms with E-state index in [0.29, 0.717) is 25.6 Å². The molecular formula is C17H22N2O4. The number of methoxy groups -OCH3 is 1. The van der Waals surface area contributed by atoms with Crippen LogP contribution in [0.3, 0.4) is 0 Å². The van der Waals surface area contributed by atoms with Gasteiger partial charge in [0.1, 0.15) is 5.75 Å². The largest absolute Gasteiger partial charge is 0.497 e. The zero-order valence-electron chi connectivity index (χ0n) is 13.3. The Morgan fingerprint density at radius 2 is 2.17 bits per heavy atom. The minimum absolute atomic E-state index is 0.0143. The number of nitrogens with one attached hydrogen (secondary N) is 1. The summed E-state index contributed by atoms with van der Waals surface area (Å²) in [6.07, 6.45) is 1.25. The standard InChI is InChI=1S/C17H22N2O4/c1-22-15-4-2-14(3-5-15)19-10-13(8-16(19)20)17(21)18-9-12-6-7-23-11-12/h2-5,12-13H,6-11H2,1H3,(H,18,21)/t12-,13+/m1/s1. The SMILES string of the molecule is COc1ccc(N2C[C@@H](C(=O)NC[C@H]3CCOC3)CC2=O)cc1. The van der Waals surface area contributed by atoms with Gasteiger partial charge in [-0.15, -0.1) is 0 Å². The summed E-state index contributed by atoms with van der Waals surface area (Å²) >= 11 is 0. The fourth-order valence-corrected chi connectivity index (χ4v) is 3.03. The van der Waals surface area contributed by atoms with Crippen LogP contribution >= 0.6 is 0 Å². The molecule has 0 aliphatic carbocycles. The number of carbonyl (C=O) groups excluding carboxylic acids is 2. The predicted molar refractivity (Wildman–Crippen MR) is 85.4 cm³/mol. The second kappa shape index (κ2) is 7.00. The summed E-state index contributed by atoms with van der Waals surface area (Å²) in [6, 6.07) is 7.31. The molecule has 6 nitrogen and oxygen atoms in total. The van der Waals surface area contributed by atoms with Gasteiger partial charge in [0.25, 0.3) is 0 Å². The Balaban J connectivity index is 1.56. The maximum Gasteiger partial charge on any atom is 0.227 e. The molecule has 2 atom stereocenters. The van der Waals surface area contributed by atoms with Crippen molar-refractivity contribution in [2.24, 2.45) is 11.8 Å². The van der Waals surface area contributed by atoms with Crippen LogP contribution in [0.2, 0.25) is 0 Å². The van der Waals surface area contributed by atoms with Gasteiger partial charge in [-0.1, -0.05) is 0 Å². The normalized spacial score (nSPS) is 24.0. The highest BCUT2D eigenvalue weighted by molar-refractivity contribution is 6.00. The van der Waals surface area contributed by atoms with Crippen molar-refractivity contribution in [1.29, 1.82) is 0 Å². The highest BCUT2D eigenvalue weighted by atomic mass is 16.5. The molecule has 1 N–H and O–H groups in total. The number of amides is 2. The molecule has 2 amide bonds. The van der Waals surface area contributed by atoms with Crippen molar-refractivity contribution in [3.63, 3.8) is 0 Å². The molecule has 3 rings (SSSR count). The summed E-state index contributed by atoms with van der Waals surface area (Å²) < 4.78 is 10.4. The molecule has 2 aliphatic heterocycles. The minimum atomic E-state index is -0.285. The highest BCUT2D eigenvalue weighted by Crippen LogP contribution is 2.27. The van der Waals surface area contributed by atoms with E-state index in [9.17, 15) is 9.59 Å². The summed E-state index contributed by atoms with van der Waals surface area (Å²) in [6.45, 7) is 2.54. The third-order valence-electron chi connectivity index (χ3n) is 4.47. The second-order valence-electron chi connectivity index (χ2n) is 6.08. The smallest absolute Gasteiger partial charge is 0.227 e. The van der Waals surface area contributed by atoms with E-state index in [1.165, 1.54) is 0 Å². The van der Waals surface area contributed by atoms with Crippen molar-refractivity contribution >= 4 is 17.5 Å². The van der Waals surface area contributed by atoms with E-state index in [1.807, 2.05) is 24.3 Å². The predicted octanol–water partition coefficient (Wildman–Crippen LogP) is 1.20. The van der Waals surface area contributed by atoms with Crippen molar-refractivity contribution in [2.75, 3.05) is 38.3 Å². The number of benzene rings is 1. The molecule has 0 bridgehead atoms. The van der Waals surface area contributed by atoms with Crippen LogP contribution in [-0.4, -0.2) is 45.2 Å². The van der Waals surface area contributed by atoms with Gasteiger partial charge >= 0.3 is 0 Å². The Bertz CT molecular complexity index is 566. The van der Waals surface area contributed by atoms with E-state index >= 15 is 0 Å². The zero-order valence-corrected chi connectivity index (χ0v) is 13.3. The van der Waals surface area contributed by atoms with Crippen molar-refractivity contribution in [3.8, 4) is 5.75 Å². The van der Waals surface area contributed by atoms with Gasteiger partial charge in [-0.25, -0.2) is 0 Å². The first-order chi connectivity index (χ1) is 11.2. The lowest BCUT2D eigenvalue weighted by Crippen LogP contribution is -2.36. The molecular weight excluding hydrogens is 296 g/mol. The minimum Gasteiger partial charge on any atom is -0.497 e. The Labute approximate surface area is 135 Å². The maximum atomic E-state index is 12.3. The molecule has 0 unspecified atom stereocenters. The van der Waals surface area contributed by atoms with Crippen LogP contribution in [0.15, 0.2) is 24.3 Å². The first-order valence-electron chi connectivity index (χ1n) is 7.97. The van der Waals surface area contributed by atoms with Gasteiger partial charge in [-0.05, 0) is 30.7 Å². The summed E-state index contributed by atoms with van der Waals surface area (Å²) in [7, 11) is 1.60. The first-order valence-corrected chi connectivity index (χ1v) is 7.97. The molecule has 0 saturated carbocycles. The van der Waals surface area contributed by atoms with Crippen LogP contribution in [0, 0.1) is 11.8 Å². The molecule has 0 aromatic heterocycles. The summed E-state index contributed by atoms with van der Waals surface area (Å²) in [5, 5.41) is 2.96. The lowest BCUT2D eigenvalue weighted by Gasteiger charge is -2.17. The van der Waals surface area contributed by atoms with Gasteiger partial charge in [0.05, 0.1) is 19.6 Å². The lowest BCUT2D eigenvalue weighted by atomic mass is 10.1. The average molecular weight is 318 g/mol. The van der Waals surface area contributed by atoms with Gasteiger partial charge in [-0.2, -0.15) is 0 Å². The number of nitrogens with zero attached hydrogens (tertiary/aromatic N) is 1. The molecule has 23 heavy (non-hydrogen) atoms. The van der Waals surface area contributed by atoms with Crippen LogP contribution in [0.5, 0.6) is 5.75 Å². The maximum absolute atomic E-state index is 12.3. The van der Waals surface area contributed by atoms with Gasteiger partial charge in [0.15, 0.2) is 0 Å². The van der Waals surface area contributed by atoms with Crippen LogP contribution in [0.1, 0.15) is 12.8 Å². The number of anilines is 1. The summed E-state index contributed by atoms with van der Waals surface area (Å²) in [4.78, 5) is 26.1. The zero-order chi connectivity index (χ0) is 16.2. The Kier molecular flexibility index (Phi) is 4.81. The molecule has 6 heteroatoms. The summed E-state index contributed by atoms with van der Waals surface area (Å²) in [5.41, 5.74) is 0.801. The lowest BCUT2D eigenvalue weighted by molar-refractivity contribution is -0.126. The van der Waals surface area contributed by atoms with Crippen molar-refractivity contribution < 1.29 is 19.1 Å². The molecule has 0 radical (unpaired) electrons. The molecule has 1 aromatic carbocycles. The van der Waals surface area contributed by atoms with Crippen molar-refractivity contribution in [2.45, 2.75) is 12.8 Å². The van der Waals surface area contributed by atoms with Gasteiger partial charge in [0, 0.05) is 37.7 Å². The second-order valence-corrected chi connectivity index (χ2v) is 6.08. The average Bonchev–Trinajstić information content (AvgIpc) is 3.22. The van der Waals surface area contributed by atoms with E-state index in [-0.39, 0.29) is 24.2 Å². The molecule has 2 aliphatic rings. The third-order valence-corrected chi connectivity index (χ3v) is 4.47. The van der Waals surface area contributed by atoms with E-state index in [1.54, 1.807) is 12.0 Å². The monoisotopic (exact) mass is 318 g/mol. The number of hydrogen-bond donors (Lipinski definition) is 1. The van der Waals surface area contributed by atoms with Crippen LogP contribution < -0.4 is 15.0 Å². The fourth-order valence-electron chi connectivity index (χ4n) is 3.03. The fraction of sp³-hybridized carbons (Fsp3) is 0.529. The Morgan fingerprint density at radius 1 is 1.39 bits per heavy atom. The van der Waals surface area contributed by atoms with Gasteiger partial charge in [0.2, 0.25) is 11.8 Å². The number of ether oxygens (including phenoxy) is 2. The first kappa shape index (κ1) is 15.8. The van der Waals surface area contributed by atoms with Crippen LogP contribution in [-0.2, 0) is 14.3 Å². The van der Waals surface area contributed by atoms with E-state index < -0.39 is 0 Å². The molecule has 2 fully saturated rings. The van der Waals surface area contributed by atoms with Crippen LogP contribution in [0.25, 0.3) is 0 Å². The third kappa shape index (κ3) is 3.64. The molecule has 1 aromatic rings. The van der Waals surface area contributed by atoms with E-state index in [0.717, 1.165) is 24.5 Å². The topological polar surface area (TPSA) is 67.9 Å². The Hall–Kier alpha value is -2.08. The number of rotatable bonds is 5. The van der Waals surface area contributed by atoms with E-state index in [2.05, 4.69) is 5.32 Å². The van der Waals surface area contributed by atoms with Crippen LogP contribution in [0.4, 0.5) is 5.69 Å². The number of carbonyl (C=O) groups is 2.